The van der Waals surface area contributed by atoms with E-state index in [0.29, 0.717) is 12.1 Å². The lowest BCUT2D eigenvalue weighted by molar-refractivity contribution is 0.235. The molecule has 7 nitrogen and oxygen atoms in total. The second kappa shape index (κ2) is 7.33. The molecule has 7 heteroatoms. The minimum Gasteiger partial charge on any atom is -0.334 e. The summed E-state index contributed by atoms with van der Waals surface area (Å²) in [5.41, 5.74) is 4.10. The van der Waals surface area contributed by atoms with Crippen LogP contribution in [0.4, 0.5) is 4.79 Å². The summed E-state index contributed by atoms with van der Waals surface area (Å²) in [4.78, 5) is 26.7. The van der Waals surface area contributed by atoms with Gasteiger partial charge < -0.3 is 15.6 Å². The molecule has 0 aliphatic carbocycles. The van der Waals surface area contributed by atoms with Crippen molar-refractivity contribution in [3.8, 4) is 0 Å². The normalized spacial score (nSPS) is 12.0. The molecule has 1 atom stereocenters. The number of pyridine rings is 1. The van der Waals surface area contributed by atoms with Crippen LogP contribution in [0.25, 0.3) is 0 Å². The minimum atomic E-state index is -0.302. The molecule has 0 aliphatic heterocycles. The van der Waals surface area contributed by atoms with Crippen LogP contribution in [0.2, 0.25) is 0 Å². The number of hydrogen-bond acceptors (Lipinski definition) is 3. The number of rotatable bonds is 5. The van der Waals surface area contributed by atoms with Gasteiger partial charge in [-0.2, -0.15) is 5.10 Å². The molecule has 130 valence electrons. The van der Waals surface area contributed by atoms with E-state index in [4.69, 9.17) is 0 Å². The predicted molar refractivity (Wildman–Crippen MR) is 93.1 cm³/mol. The Morgan fingerprint density at radius 2 is 2.00 bits per heavy atom. The number of urea groups is 1. The molecule has 2 rings (SSSR count). The summed E-state index contributed by atoms with van der Waals surface area (Å²) in [7, 11) is 0. The van der Waals surface area contributed by atoms with Crippen molar-refractivity contribution in [2.45, 2.75) is 53.8 Å². The van der Waals surface area contributed by atoms with Crippen LogP contribution in [0.5, 0.6) is 0 Å². The molecule has 2 heterocycles. The number of nitrogens with one attached hydrogen (secondary N) is 3. The van der Waals surface area contributed by atoms with Gasteiger partial charge >= 0.3 is 6.03 Å². The molecular weight excluding hydrogens is 306 g/mol. The SMILES string of the molecule is Cc1cc(C)n(CC(C)NC(=O)NCc2c(C)cc(C)[nH]c2=O)n1. The molecule has 0 fully saturated rings. The van der Waals surface area contributed by atoms with E-state index in [1.807, 2.05) is 51.4 Å². The first-order valence-corrected chi connectivity index (χ1v) is 8.01. The van der Waals surface area contributed by atoms with E-state index < -0.39 is 0 Å². The number of aromatic amines is 1. The molecule has 0 spiro atoms. The highest BCUT2D eigenvalue weighted by Crippen LogP contribution is 2.04. The Labute approximate surface area is 141 Å². The van der Waals surface area contributed by atoms with Gasteiger partial charge in [-0.05, 0) is 52.3 Å². The lowest BCUT2D eigenvalue weighted by Crippen LogP contribution is -2.43. The Bertz CT molecular complexity index is 791. The van der Waals surface area contributed by atoms with E-state index in [9.17, 15) is 9.59 Å². The summed E-state index contributed by atoms with van der Waals surface area (Å²) >= 11 is 0. The van der Waals surface area contributed by atoms with Crippen LogP contribution >= 0.6 is 0 Å². The fourth-order valence-corrected chi connectivity index (χ4v) is 2.71. The van der Waals surface area contributed by atoms with Crippen LogP contribution in [-0.4, -0.2) is 26.8 Å². The minimum absolute atomic E-state index is 0.0830. The van der Waals surface area contributed by atoms with Crippen molar-refractivity contribution in [2.75, 3.05) is 0 Å². The van der Waals surface area contributed by atoms with Crippen molar-refractivity contribution in [2.24, 2.45) is 0 Å². The van der Waals surface area contributed by atoms with E-state index in [0.717, 1.165) is 22.6 Å². The van der Waals surface area contributed by atoms with E-state index in [1.54, 1.807) is 0 Å². The Kier molecular flexibility index (Phi) is 5.43. The summed E-state index contributed by atoms with van der Waals surface area (Å²) in [6.07, 6.45) is 0. The molecular formula is C17H25N5O2. The van der Waals surface area contributed by atoms with Crippen LogP contribution in [0.3, 0.4) is 0 Å². The van der Waals surface area contributed by atoms with Gasteiger partial charge in [0.2, 0.25) is 0 Å². The average Bonchev–Trinajstić information content (AvgIpc) is 2.75. The van der Waals surface area contributed by atoms with Gasteiger partial charge in [0.05, 0.1) is 18.8 Å². The molecule has 24 heavy (non-hydrogen) atoms. The molecule has 0 saturated heterocycles. The van der Waals surface area contributed by atoms with E-state index in [2.05, 4.69) is 20.7 Å². The maximum absolute atomic E-state index is 12.0. The van der Waals surface area contributed by atoms with Gasteiger partial charge in [-0.25, -0.2) is 4.79 Å². The molecule has 2 aromatic rings. The smallest absolute Gasteiger partial charge is 0.315 e. The second-order valence-electron chi connectivity index (χ2n) is 6.28. The number of carbonyl (C=O) groups excluding carboxylic acids is 1. The Balaban J connectivity index is 1.89. The molecule has 1 unspecified atom stereocenters. The summed E-state index contributed by atoms with van der Waals surface area (Å²) in [5, 5.41) is 9.98. The van der Waals surface area contributed by atoms with E-state index in [-0.39, 0.29) is 24.2 Å². The van der Waals surface area contributed by atoms with Crippen LogP contribution in [0.1, 0.15) is 35.1 Å². The quantitative estimate of drug-likeness (QED) is 0.778. The fourth-order valence-electron chi connectivity index (χ4n) is 2.71. The van der Waals surface area contributed by atoms with Crippen LogP contribution < -0.4 is 16.2 Å². The molecule has 0 saturated carbocycles. The number of carbonyl (C=O) groups is 1. The van der Waals surface area contributed by atoms with Gasteiger partial charge in [-0.3, -0.25) is 9.48 Å². The lowest BCUT2D eigenvalue weighted by atomic mass is 10.1. The van der Waals surface area contributed by atoms with Crippen molar-refractivity contribution in [3.63, 3.8) is 0 Å². The Morgan fingerprint density at radius 3 is 2.58 bits per heavy atom. The number of nitrogens with zero attached hydrogens (tertiary/aromatic N) is 2. The maximum Gasteiger partial charge on any atom is 0.315 e. The third-order valence-electron chi connectivity index (χ3n) is 3.85. The highest BCUT2D eigenvalue weighted by Gasteiger charge is 2.11. The standard InChI is InChI=1S/C17H25N5O2/c1-10-6-11(2)19-16(23)15(10)8-18-17(24)20-13(4)9-22-14(5)7-12(3)21-22/h6-7,13H,8-9H2,1-5H3,(H,19,23)(H2,18,20,24). The monoisotopic (exact) mass is 331 g/mol. The van der Waals surface area contributed by atoms with Gasteiger partial charge in [-0.1, -0.05) is 0 Å². The van der Waals surface area contributed by atoms with Crippen molar-refractivity contribution in [3.05, 3.63) is 50.7 Å². The number of aromatic nitrogens is 3. The summed E-state index contributed by atoms with van der Waals surface area (Å²) < 4.78 is 1.87. The summed E-state index contributed by atoms with van der Waals surface area (Å²) in [6, 6.07) is 3.50. The first kappa shape index (κ1) is 17.8. The Hall–Kier alpha value is -2.57. The van der Waals surface area contributed by atoms with Gasteiger partial charge in [0, 0.05) is 23.0 Å². The van der Waals surface area contributed by atoms with Gasteiger partial charge in [0.25, 0.3) is 5.56 Å². The average molecular weight is 331 g/mol. The first-order valence-electron chi connectivity index (χ1n) is 8.01. The zero-order chi connectivity index (χ0) is 17.9. The molecule has 0 aliphatic rings. The molecule has 0 radical (unpaired) electrons. The highest BCUT2D eigenvalue weighted by molar-refractivity contribution is 5.74. The number of hydrogen-bond donors (Lipinski definition) is 3. The summed E-state index contributed by atoms with van der Waals surface area (Å²) in [6.45, 7) is 10.3. The summed E-state index contributed by atoms with van der Waals surface area (Å²) in [5.74, 6) is 0. The third-order valence-corrected chi connectivity index (χ3v) is 3.85. The first-order chi connectivity index (χ1) is 11.3. The van der Waals surface area contributed by atoms with Crippen molar-refractivity contribution >= 4 is 6.03 Å². The highest BCUT2D eigenvalue weighted by atomic mass is 16.2. The van der Waals surface area contributed by atoms with Gasteiger partial charge in [-0.15, -0.1) is 0 Å². The molecule has 0 aromatic carbocycles. The maximum atomic E-state index is 12.0. The molecule has 2 aromatic heterocycles. The Morgan fingerprint density at radius 1 is 1.29 bits per heavy atom. The van der Waals surface area contributed by atoms with Crippen LogP contribution in [0, 0.1) is 27.7 Å². The molecule has 3 N–H and O–H groups in total. The molecule has 2 amide bonds. The fraction of sp³-hybridized carbons (Fsp3) is 0.471. The zero-order valence-corrected chi connectivity index (χ0v) is 14.9. The number of amides is 2. The largest absolute Gasteiger partial charge is 0.334 e. The predicted octanol–water partition coefficient (Wildman–Crippen LogP) is 1.69. The molecule has 0 bridgehead atoms. The number of H-pyrrole nitrogens is 1. The van der Waals surface area contributed by atoms with Crippen LogP contribution in [0.15, 0.2) is 16.9 Å². The van der Waals surface area contributed by atoms with Crippen molar-refractivity contribution < 1.29 is 4.79 Å². The number of aryl methyl sites for hydroxylation is 4. The zero-order valence-electron chi connectivity index (χ0n) is 14.9. The van der Waals surface area contributed by atoms with Gasteiger partial charge in [0.1, 0.15) is 0 Å². The third kappa shape index (κ3) is 4.47. The van der Waals surface area contributed by atoms with Crippen LogP contribution in [-0.2, 0) is 13.1 Å². The van der Waals surface area contributed by atoms with E-state index in [1.165, 1.54) is 0 Å². The lowest BCUT2D eigenvalue weighted by Gasteiger charge is -2.16. The second-order valence-corrected chi connectivity index (χ2v) is 6.28. The van der Waals surface area contributed by atoms with Crippen molar-refractivity contribution in [1.82, 2.24) is 25.4 Å². The topological polar surface area (TPSA) is 91.8 Å². The van der Waals surface area contributed by atoms with E-state index >= 15 is 0 Å². The van der Waals surface area contributed by atoms with Gasteiger partial charge in [0.15, 0.2) is 0 Å². The van der Waals surface area contributed by atoms with Crippen molar-refractivity contribution in [1.29, 1.82) is 0 Å².